The van der Waals surface area contributed by atoms with Gasteiger partial charge in [-0.3, -0.25) is 15.2 Å². The maximum atomic E-state index is 11.7. The Labute approximate surface area is 105 Å². The minimum Gasteiger partial charge on any atom is -0.375 e. The summed E-state index contributed by atoms with van der Waals surface area (Å²) in [4.78, 5) is 16.2. The quantitative estimate of drug-likeness (QED) is 0.452. The van der Waals surface area contributed by atoms with Crippen LogP contribution in [0.1, 0.15) is 13.8 Å². The molecule has 6 heteroatoms. The number of aliphatic hydroxyl groups is 1. The lowest BCUT2D eigenvalue weighted by molar-refractivity contribution is -0.118. The van der Waals surface area contributed by atoms with E-state index in [1.807, 2.05) is 13.0 Å². The van der Waals surface area contributed by atoms with Gasteiger partial charge in [-0.1, -0.05) is 18.6 Å². The zero-order valence-electron chi connectivity index (χ0n) is 10.3. The van der Waals surface area contributed by atoms with Gasteiger partial charge in [-0.25, -0.2) is 5.43 Å². The maximum Gasteiger partial charge on any atom is 0.281 e. The van der Waals surface area contributed by atoms with Crippen molar-refractivity contribution < 1.29 is 9.90 Å². The number of carbonyl (C=O) groups excluding carboxylic acids is 1. The Morgan fingerprint density at radius 1 is 1.44 bits per heavy atom. The van der Waals surface area contributed by atoms with Crippen molar-refractivity contribution in [3.63, 3.8) is 0 Å². The lowest BCUT2D eigenvalue weighted by Gasteiger charge is -2.39. The van der Waals surface area contributed by atoms with Gasteiger partial charge in [0, 0.05) is 11.6 Å². The number of allylic oxidation sites excluding steroid dienone is 2. The molecule has 0 spiro atoms. The van der Waals surface area contributed by atoms with Crippen molar-refractivity contribution in [2.45, 2.75) is 32.2 Å². The first kappa shape index (κ1) is 11.4. The Kier molecular flexibility index (Phi) is 2.49. The number of nitrogens with zero attached hydrogens (tertiary/aromatic N) is 1. The van der Waals surface area contributed by atoms with Gasteiger partial charge in [0.15, 0.2) is 0 Å². The number of aliphatic imine (C=N–C) groups is 1. The largest absolute Gasteiger partial charge is 0.375 e. The molecule has 18 heavy (non-hydrogen) atoms. The van der Waals surface area contributed by atoms with Gasteiger partial charge < -0.3 is 10.4 Å². The third-order valence-corrected chi connectivity index (χ3v) is 3.50. The number of carbonyl (C=O) groups is 1. The Hall–Kier alpha value is -1.66. The molecule has 1 fully saturated rings. The van der Waals surface area contributed by atoms with Gasteiger partial charge in [0.2, 0.25) is 0 Å². The van der Waals surface area contributed by atoms with Crippen molar-refractivity contribution in [1.29, 1.82) is 0 Å². The van der Waals surface area contributed by atoms with Crippen molar-refractivity contribution in [1.82, 2.24) is 16.2 Å². The fourth-order valence-corrected chi connectivity index (χ4v) is 2.68. The molecule has 1 amide bonds. The molecular weight excluding hydrogens is 232 g/mol. The highest BCUT2D eigenvalue weighted by atomic mass is 16.3. The van der Waals surface area contributed by atoms with Crippen LogP contribution in [0.3, 0.4) is 0 Å². The number of hydrazine groups is 1. The predicted octanol–water partition coefficient (Wildman–Crippen LogP) is -0.799. The fraction of sp³-hybridized carbons (Fsp3) is 0.500. The van der Waals surface area contributed by atoms with Crippen molar-refractivity contribution in [3.05, 3.63) is 23.4 Å². The van der Waals surface area contributed by atoms with Gasteiger partial charge in [0.1, 0.15) is 18.0 Å². The second-order valence-electron chi connectivity index (χ2n) is 4.99. The molecule has 4 atom stereocenters. The SMILES string of the molecule is CC1=CC(C)C2N=C3C(=O)NNC(O)C3NC2=C1. The van der Waals surface area contributed by atoms with Gasteiger partial charge >= 0.3 is 0 Å². The molecule has 3 aliphatic rings. The molecule has 2 heterocycles. The number of hydrogen-bond donors (Lipinski definition) is 4. The highest BCUT2D eigenvalue weighted by Gasteiger charge is 2.40. The van der Waals surface area contributed by atoms with E-state index >= 15 is 0 Å². The molecule has 1 aliphatic carbocycles. The molecule has 4 N–H and O–H groups in total. The molecule has 4 unspecified atom stereocenters. The first-order valence-electron chi connectivity index (χ1n) is 6.04. The predicted molar refractivity (Wildman–Crippen MR) is 66.4 cm³/mol. The first-order chi connectivity index (χ1) is 8.56. The van der Waals surface area contributed by atoms with Gasteiger partial charge in [-0.15, -0.1) is 0 Å². The molecule has 0 aromatic heterocycles. The lowest BCUT2D eigenvalue weighted by atomic mass is 9.88. The Balaban J connectivity index is 2.01. The van der Waals surface area contributed by atoms with Gasteiger partial charge in [0.05, 0.1) is 6.04 Å². The van der Waals surface area contributed by atoms with Crippen LogP contribution >= 0.6 is 0 Å². The molecule has 1 saturated heterocycles. The van der Waals surface area contributed by atoms with Gasteiger partial charge in [-0.05, 0) is 13.0 Å². The molecule has 2 aliphatic heterocycles. The molecule has 0 aromatic rings. The van der Waals surface area contributed by atoms with E-state index in [2.05, 4.69) is 34.2 Å². The summed E-state index contributed by atoms with van der Waals surface area (Å²) in [5.41, 5.74) is 7.42. The van der Waals surface area contributed by atoms with Gasteiger partial charge in [-0.2, -0.15) is 0 Å². The minimum atomic E-state index is -0.871. The molecule has 0 aromatic carbocycles. The summed E-state index contributed by atoms with van der Waals surface area (Å²) in [7, 11) is 0. The maximum absolute atomic E-state index is 11.7. The lowest BCUT2D eigenvalue weighted by Crippen LogP contribution is -2.68. The van der Waals surface area contributed by atoms with E-state index in [9.17, 15) is 9.90 Å². The van der Waals surface area contributed by atoms with Crippen LogP contribution in [0.15, 0.2) is 28.4 Å². The van der Waals surface area contributed by atoms with Crippen molar-refractivity contribution >= 4 is 11.6 Å². The van der Waals surface area contributed by atoms with Crippen LogP contribution in [0, 0.1) is 5.92 Å². The van der Waals surface area contributed by atoms with Crippen LogP contribution < -0.4 is 16.2 Å². The molecule has 0 saturated carbocycles. The monoisotopic (exact) mass is 248 g/mol. The van der Waals surface area contributed by atoms with E-state index in [1.165, 1.54) is 5.57 Å². The van der Waals surface area contributed by atoms with Crippen LogP contribution in [0.25, 0.3) is 0 Å². The molecule has 6 nitrogen and oxygen atoms in total. The zero-order chi connectivity index (χ0) is 12.9. The molecular formula is C12H16N4O2. The van der Waals surface area contributed by atoms with E-state index < -0.39 is 12.3 Å². The topological polar surface area (TPSA) is 85.8 Å². The van der Waals surface area contributed by atoms with E-state index in [1.54, 1.807) is 0 Å². The highest BCUT2D eigenvalue weighted by Crippen LogP contribution is 2.28. The second-order valence-corrected chi connectivity index (χ2v) is 4.99. The Morgan fingerprint density at radius 2 is 2.22 bits per heavy atom. The zero-order valence-corrected chi connectivity index (χ0v) is 10.3. The second kappa shape index (κ2) is 3.93. The normalized spacial score (nSPS) is 38.4. The first-order valence-corrected chi connectivity index (χ1v) is 6.04. The average molecular weight is 248 g/mol. The Morgan fingerprint density at radius 3 is 3.00 bits per heavy atom. The van der Waals surface area contributed by atoms with E-state index in [0.29, 0.717) is 5.71 Å². The summed E-state index contributed by atoms with van der Waals surface area (Å²) >= 11 is 0. The van der Waals surface area contributed by atoms with E-state index in [4.69, 9.17) is 0 Å². The van der Waals surface area contributed by atoms with E-state index in [-0.39, 0.29) is 17.9 Å². The van der Waals surface area contributed by atoms with Crippen LogP contribution in [-0.2, 0) is 4.79 Å². The average Bonchev–Trinajstić information content (AvgIpc) is 2.32. The summed E-state index contributed by atoms with van der Waals surface area (Å²) in [6.45, 7) is 4.10. The van der Waals surface area contributed by atoms with Crippen LogP contribution in [-0.4, -0.2) is 35.0 Å². The Bertz CT molecular complexity index is 494. The number of fused-ring (bicyclic) bond motifs is 2. The number of aliphatic hydroxyl groups excluding tert-OH is 1. The third kappa shape index (κ3) is 1.65. The van der Waals surface area contributed by atoms with Crippen molar-refractivity contribution in [3.8, 4) is 0 Å². The molecule has 3 rings (SSSR count). The number of rotatable bonds is 0. The van der Waals surface area contributed by atoms with Gasteiger partial charge in [0.25, 0.3) is 5.91 Å². The molecule has 0 radical (unpaired) electrons. The van der Waals surface area contributed by atoms with Crippen LogP contribution in [0.4, 0.5) is 0 Å². The van der Waals surface area contributed by atoms with Crippen LogP contribution in [0.5, 0.6) is 0 Å². The standard InChI is InChI=1S/C12H16N4O2/c1-5-3-6(2)8-7(4-5)13-9-10(14-8)12(18)16-15-11(9)17/h3-4,6,8-9,11,13,15,17H,1-2H3,(H,16,18). The highest BCUT2D eigenvalue weighted by molar-refractivity contribution is 6.41. The van der Waals surface area contributed by atoms with Crippen molar-refractivity contribution in [2.75, 3.05) is 0 Å². The summed E-state index contributed by atoms with van der Waals surface area (Å²) in [6.07, 6.45) is 3.28. The molecule has 96 valence electrons. The summed E-state index contributed by atoms with van der Waals surface area (Å²) in [6, 6.07) is -0.546. The minimum absolute atomic E-state index is 0.0593. The fourth-order valence-electron chi connectivity index (χ4n) is 2.68. The summed E-state index contributed by atoms with van der Waals surface area (Å²) < 4.78 is 0. The number of amides is 1. The molecule has 0 bridgehead atoms. The summed E-state index contributed by atoms with van der Waals surface area (Å²) in [5, 5.41) is 13.0. The smallest absolute Gasteiger partial charge is 0.281 e. The van der Waals surface area contributed by atoms with Crippen molar-refractivity contribution in [2.24, 2.45) is 10.9 Å². The summed E-state index contributed by atoms with van der Waals surface area (Å²) in [5.74, 6) is -0.0406. The third-order valence-electron chi connectivity index (χ3n) is 3.50. The number of hydrogen-bond acceptors (Lipinski definition) is 5. The van der Waals surface area contributed by atoms with E-state index in [0.717, 1.165) is 5.70 Å². The number of nitrogens with one attached hydrogen (secondary N) is 3. The van der Waals surface area contributed by atoms with Crippen LogP contribution in [0.2, 0.25) is 0 Å².